The molecule has 2 aromatic carbocycles. The number of hydrogen-bond acceptors (Lipinski definition) is 4. The van der Waals surface area contributed by atoms with Crippen molar-refractivity contribution in [2.24, 2.45) is 0 Å². The molecule has 0 bridgehead atoms. The average molecular weight is 394 g/mol. The molecule has 0 heterocycles. The molecule has 8 heteroatoms. The summed E-state index contributed by atoms with van der Waals surface area (Å²) in [6.45, 7) is 1.53. The summed E-state index contributed by atoms with van der Waals surface area (Å²) in [7, 11) is 0.636. The van der Waals surface area contributed by atoms with Gasteiger partial charge in [0, 0.05) is 14.1 Å². The molecule has 0 aromatic heterocycles. The number of likely N-dealkylation sites (N-methyl/N-ethyl adjacent to an activating group) is 2. The van der Waals surface area contributed by atoms with E-state index in [2.05, 4.69) is 0 Å². The van der Waals surface area contributed by atoms with Gasteiger partial charge in [-0.2, -0.15) is 4.31 Å². The third-order valence-corrected chi connectivity index (χ3v) is 6.27. The monoisotopic (exact) mass is 394 g/mol. The van der Waals surface area contributed by atoms with Crippen molar-refractivity contribution in [3.05, 3.63) is 59.9 Å². The highest BCUT2D eigenvalue weighted by Crippen LogP contribution is 2.22. The Morgan fingerprint density at radius 2 is 1.63 bits per heavy atom. The van der Waals surface area contributed by atoms with Gasteiger partial charge in [-0.15, -0.1) is 0 Å². The highest BCUT2D eigenvalue weighted by Gasteiger charge is 2.26. The summed E-state index contributed by atoms with van der Waals surface area (Å²) in [5.41, 5.74) is 0.899. The second kappa shape index (κ2) is 8.49. The third kappa shape index (κ3) is 4.84. The van der Waals surface area contributed by atoms with Crippen molar-refractivity contribution in [2.45, 2.75) is 17.9 Å². The van der Waals surface area contributed by atoms with Gasteiger partial charge >= 0.3 is 0 Å². The Labute approximate surface area is 159 Å². The van der Waals surface area contributed by atoms with Crippen LogP contribution in [0.3, 0.4) is 0 Å². The number of methoxy groups -OCH3 is 1. The first-order valence-corrected chi connectivity index (χ1v) is 9.72. The maximum atomic E-state index is 13.0. The van der Waals surface area contributed by atoms with E-state index >= 15 is 0 Å². The van der Waals surface area contributed by atoms with E-state index in [1.807, 2.05) is 19.1 Å². The second-order valence-electron chi connectivity index (χ2n) is 6.17. The lowest BCUT2D eigenvalue weighted by Gasteiger charge is -2.27. The van der Waals surface area contributed by atoms with Crippen LogP contribution in [0.5, 0.6) is 5.75 Å². The maximum absolute atomic E-state index is 13.0. The van der Waals surface area contributed by atoms with Crippen molar-refractivity contribution in [1.29, 1.82) is 0 Å². The van der Waals surface area contributed by atoms with Gasteiger partial charge in [0.15, 0.2) is 0 Å². The molecule has 0 radical (unpaired) electrons. The Hall–Kier alpha value is -2.45. The molecule has 0 saturated heterocycles. The van der Waals surface area contributed by atoms with Gasteiger partial charge in [0.05, 0.1) is 24.6 Å². The van der Waals surface area contributed by atoms with Crippen LogP contribution in [0.2, 0.25) is 0 Å². The number of nitrogens with zero attached hydrogens (tertiary/aromatic N) is 2. The molecule has 146 valence electrons. The number of ether oxygens (including phenoxy) is 1. The highest BCUT2D eigenvalue weighted by molar-refractivity contribution is 7.89. The Morgan fingerprint density at radius 3 is 2.15 bits per heavy atom. The number of sulfonamides is 1. The predicted molar refractivity (Wildman–Crippen MR) is 100 cm³/mol. The van der Waals surface area contributed by atoms with E-state index in [9.17, 15) is 17.6 Å². The first kappa shape index (κ1) is 20.9. The van der Waals surface area contributed by atoms with Gasteiger partial charge in [-0.25, -0.2) is 12.8 Å². The largest absolute Gasteiger partial charge is 0.497 e. The number of halogens is 1. The normalized spacial score (nSPS) is 12.7. The molecule has 2 rings (SSSR count). The van der Waals surface area contributed by atoms with Crippen molar-refractivity contribution >= 4 is 15.9 Å². The van der Waals surface area contributed by atoms with Crippen LogP contribution >= 0.6 is 0 Å². The molecule has 0 aliphatic rings. The van der Waals surface area contributed by atoms with Crippen molar-refractivity contribution < 1.29 is 22.3 Å². The zero-order valence-corrected chi connectivity index (χ0v) is 16.5. The Balaban J connectivity index is 2.08. The molecule has 2 aromatic rings. The molecule has 0 aliphatic heterocycles. The first-order chi connectivity index (χ1) is 12.7. The second-order valence-corrected chi connectivity index (χ2v) is 8.21. The minimum absolute atomic E-state index is 0.0648. The Morgan fingerprint density at radius 1 is 1.07 bits per heavy atom. The molecule has 6 nitrogen and oxygen atoms in total. The summed E-state index contributed by atoms with van der Waals surface area (Å²) in [6, 6.07) is 11.6. The smallest absolute Gasteiger partial charge is 0.243 e. The molecule has 27 heavy (non-hydrogen) atoms. The van der Waals surface area contributed by atoms with Gasteiger partial charge in [-0.3, -0.25) is 4.79 Å². The van der Waals surface area contributed by atoms with E-state index in [1.54, 1.807) is 26.3 Å². The highest BCUT2D eigenvalue weighted by atomic mass is 32.2. The molecular formula is C19H23FN2O4S. The molecule has 0 saturated carbocycles. The van der Waals surface area contributed by atoms with Crippen molar-refractivity contribution in [3.8, 4) is 5.75 Å². The maximum Gasteiger partial charge on any atom is 0.243 e. The van der Waals surface area contributed by atoms with Crippen molar-refractivity contribution in [3.63, 3.8) is 0 Å². The first-order valence-electron chi connectivity index (χ1n) is 8.28. The molecule has 0 N–H and O–H groups in total. The number of amides is 1. The summed E-state index contributed by atoms with van der Waals surface area (Å²) >= 11 is 0. The van der Waals surface area contributed by atoms with Gasteiger partial charge in [0.25, 0.3) is 0 Å². The van der Waals surface area contributed by atoms with E-state index in [4.69, 9.17) is 4.74 Å². The van der Waals surface area contributed by atoms with E-state index < -0.39 is 15.8 Å². The molecule has 0 spiro atoms. The minimum Gasteiger partial charge on any atom is -0.497 e. The van der Waals surface area contributed by atoms with Crippen LogP contribution in [0.15, 0.2) is 53.4 Å². The fourth-order valence-electron chi connectivity index (χ4n) is 2.50. The number of carbonyl (C=O) groups excluding carboxylic acids is 1. The molecule has 1 atom stereocenters. The molecule has 0 aliphatic carbocycles. The van der Waals surface area contributed by atoms with E-state index in [-0.39, 0.29) is 23.4 Å². The fraction of sp³-hybridized carbons (Fsp3) is 0.316. The molecular weight excluding hydrogens is 371 g/mol. The van der Waals surface area contributed by atoms with E-state index in [0.29, 0.717) is 5.75 Å². The van der Waals surface area contributed by atoms with E-state index in [1.165, 1.54) is 24.1 Å². The third-order valence-electron chi connectivity index (χ3n) is 4.45. The van der Waals surface area contributed by atoms with Crippen LogP contribution in [-0.2, 0) is 14.8 Å². The van der Waals surface area contributed by atoms with Crippen LogP contribution in [-0.4, -0.2) is 51.3 Å². The average Bonchev–Trinajstić information content (AvgIpc) is 2.67. The lowest BCUT2D eigenvalue weighted by Crippen LogP contribution is -2.40. The number of hydrogen-bond donors (Lipinski definition) is 0. The lowest BCUT2D eigenvalue weighted by molar-refractivity contribution is -0.131. The van der Waals surface area contributed by atoms with Crippen LogP contribution in [0.4, 0.5) is 4.39 Å². The van der Waals surface area contributed by atoms with Gasteiger partial charge < -0.3 is 9.64 Å². The predicted octanol–water partition coefficient (Wildman–Crippen LogP) is 2.67. The number of benzene rings is 2. The zero-order valence-electron chi connectivity index (χ0n) is 15.7. The number of carbonyl (C=O) groups is 1. The minimum atomic E-state index is -3.88. The van der Waals surface area contributed by atoms with Crippen LogP contribution in [0, 0.1) is 5.82 Å². The summed E-state index contributed by atoms with van der Waals surface area (Å²) in [5.74, 6) is -0.169. The van der Waals surface area contributed by atoms with Gasteiger partial charge in [-0.1, -0.05) is 12.1 Å². The van der Waals surface area contributed by atoms with Gasteiger partial charge in [-0.05, 0) is 48.9 Å². The van der Waals surface area contributed by atoms with Gasteiger partial charge in [0.1, 0.15) is 11.6 Å². The quantitative estimate of drug-likeness (QED) is 0.724. The molecule has 1 unspecified atom stereocenters. The summed E-state index contributed by atoms with van der Waals surface area (Å²) in [5, 5.41) is 0. The zero-order chi connectivity index (χ0) is 20.2. The summed E-state index contributed by atoms with van der Waals surface area (Å²) < 4.78 is 44.2. The van der Waals surface area contributed by atoms with Crippen molar-refractivity contribution in [2.75, 3.05) is 27.7 Å². The van der Waals surface area contributed by atoms with E-state index in [0.717, 1.165) is 22.0 Å². The summed E-state index contributed by atoms with van der Waals surface area (Å²) in [6.07, 6.45) is 0. The molecule has 0 fully saturated rings. The van der Waals surface area contributed by atoms with Crippen molar-refractivity contribution in [1.82, 2.24) is 9.21 Å². The standard InChI is InChI=1S/C19H23FN2O4S/c1-14(15-5-9-17(26-4)10-6-15)22(3)19(23)13-21(2)27(24,25)18-11-7-16(20)8-12-18/h5-12,14H,13H2,1-4H3. The summed E-state index contributed by atoms with van der Waals surface area (Å²) in [4.78, 5) is 14.0. The fourth-order valence-corrected chi connectivity index (χ4v) is 3.62. The topological polar surface area (TPSA) is 66.9 Å². The van der Waals surface area contributed by atoms with Crippen LogP contribution in [0.25, 0.3) is 0 Å². The SMILES string of the molecule is COc1ccc(C(C)N(C)C(=O)CN(C)S(=O)(=O)c2ccc(F)cc2)cc1. The molecule has 1 amide bonds. The van der Waals surface area contributed by atoms with Gasteiger partial charge in [0.2, 0.25) is 15.9 Å². The Bertz CT molecular complexity index is 883. The Kier molecular flexibility index (Phi) is 6.56. The number of rotatable bonds is 7. The van der Waals surface area contributed by atoms with Crippen LogP contribution in [0.1, 0.15) is 18.5 Å². The van der Waals surface area contributed by atoms with Crippen LogP contribution < -0.4 is 4.74 Å². The lowest BCUT2D eigenvalue weighted by atomic mass is 10.1.